The predicted octanol–water partition coefficient (Wildman–Crippen LogP) is 4.39. The molecule has 164 valence electrons. The number of nitrogens with zero attached hydrogens (tertiary/aromatic N) is 1. The lowest BCUT2D eigenvalue weighted by molar-refractivity contribution is -0.873. The minimum absolute atomic E-state index is 0.0666. The molecular formula is C21H40NO4S2+. The normalized spacial score (nSPS) is 13.0. The number of unbranched alkanes of at least 4 members (excludes halogenated alkanes) is 5. The van der Waals surface area contributed by atoms with Gasteiger partial charge in [0.25, 0.3) is 10.1 Å². The smallest absolute Gasteiger partial charge is 0.294 e. The summed E-state index contributed by atoms with van der Waals surface area (Å²) in [7, 11) is 2.36. The fourth-order valence-electron chi connectivity index (χ4n) is 2.60. The maximum absolute atomic E-state index is 10.5. The van der Waals surface area contributed by atoms with Gasteiger partial charge in [-0.3, -0.25) is 4.55 Å². The van der Waals surface area contributed by atoms with Crippen LogP contribution in [0.25, 0.3) is 0 Å². The van der Waals surface area contributed by atoms with Gasteiger partial charge < -0.3 is 9.59 Å². The van der Waals surface area contributed by atoms with E-state index in [4.69, 9.17) is 4.55 Å². The van der Waals surface area contributed by atoms with Crippen molar-refractivity contribution in [3.63, 3.8) is 0 Å². The number of thioether (sulfide) groups is 1. The Kier molecular flexibility index (Phi) is 14.1. The second-order valence-corrected chi connectivity index (χ2v) is 10.8. The van der Waals surface area contributed by atoms with E-state index in [9.17, 15) is 13.5 Å². The number of aliphatic hydroxyl groups excluding tert-OH is 1. The molecule has 0 aromatic heterocycles. The largest absolute Gasteiger partial charge is 0.386 e. The highest BCUT2D eigenvalue weighted by atomic mass is 32.2. The van der Waals surface area contributed by atoms with Crippen LogP contribution in [0.1, 0.15) is 51.0 Å². The van der Waals surface area contributed by atoms with Gasteiger partial charge in [0.1, 0.15) is 12.6 Å². The monoisotopic (exact) mass is 434 g/mol. The molecule has 0 aliphatic carbocycles. The first-order valence-electron chi connectivity index (χ1n) is 10.1. The number of aryl methyl sites for hydroxylation is 1. The minimum Gasteiger partial charge on any atom is -0.386 e. The van der Waals surface area contributed by atoms with Crippen LogP contribution in [-0.2, 0) is 10.1 Å². The van der Waals surface area contributed by atoms with Crippen molar-refractivity contribution >= 4 is 21.9 Å². The van der Waals surface area contributed by atoms with Crippen molar-refractivity contribution in [2.24, 2.45) is 0 Å². The van der Waals surface area contributed by atoms with E-state index in [-0.39, 0.29) is 11.0 Å². The summed E-state index contributed by atoms with van der Waals surface area (Å²) in [5.74, 6) is 2.10. The Bertz CT molecular complexity index is 610. The van der Waals surface area contributed by atoms with Crippen molar-refractivity contribution in [3.8, 4) is 0 Å². The van der Waals surface area contributed by atoms with Crippen molar-refractivity contribution in [2.45, 2.75) is 63.4 Å². The highest BCUT2D eigenvalue weighted by molar-refractivity contribution is 7.99. The fourth-order valence-corrected chi connectivity index (χ4v) is 4.03. The molecule has 0 heterocycles. The summed E-state index contributed by atoms with van der Waals surface area (Å²) in [6, 6.07) is 5.99. The van der Waals surface area contributed by atoms with E-state index in [1.54, 1.807) is 12.1 Å². The third-order valence-corrected chi connectivity index (χ3v) is 6.10. The number of aliphatic hydroxyl groups is 1. The number of benzene rings is 1. The molecule has 0 aliphatic rings. The number of hydrogen-bond donors (Lipinski definition) is 2. The molecule has 5 nitrogen and oxygen atoms in total. The minimum atomic E-state index is -4.02. The molecule has 1 unspecified atom stereocenters. The van der Waals surface area contributed by atoms with Gasteiger partial charge in [-0.2, -0.15) is 20.2 Å². The van der Waals surface area contributed by atoms with Crippen LogP contribution in [0.3, 0.4) is 0 Å². The summed E-state index contributed by atoms with van der Waals surface area (Å²) >= 11 is 1.91. The SMILES string of the molecule is CCCCCCCCSCC(O)C[N+](C)(C)C.Cc1ccc(S(=O)(=O)O)cc1. The average molecular weight is 435 g/mol. The Hall–Kier alpha value is -0.600. The first-order valence-corrected chi connectivity index (χ1v) is 12.7. The Morgan fingerprint density at radius 2 is 1.54 bits per heavy atom. The zero-order valence-electron chi connectivity index (χ0n) is 18.2. The van der Waals surface area contributed by atoms with Crippen LogP contribution in [0.4, 0.5) is 0 Å². The van der Waals surface area contributed by atoms with Gasteiger partial charge >= 0.3 is 0 Å². The van der Waals surface area contributed by atoms with Crippen LogP contribution >= 0.6 is 11.8 Å². The highest BCUT2D eigenvalue weighted by Crippen LogP contribution is 2.11. The maximum Gasteiger partial charge on any atom is 0.294 e. The van der Waals surface area contributed by atoms with Gasteiger partial charge in [-0.1, -0.05) is 56.7 Å². The predicted molar refractivity (Wildman–Crippen MR) is 121 cm³/mol. The highest BCUT2D eigenvalue weighted by Gasteiger charge is 2.14. The van der Waals surface area contributed by atoms with Crippen molar-refractivity contribution in [2.75, 3.05) is 39.2 Å². The van der Waals surface area contributed by atoms with Crippen LogP contribution < -0.4 is 0 Å². The van der Waals surface area contributed by atoms with Gasteiger partial charge in [0.05, 0.1) is 26.0 Å². The number of likely N-dealkylation sites (N-methyl/N-ethyl adjacent to an activating group) is 1. The fraction of sp³-hybridized carbons (Fsp3) is 0.714. The second-order valence-electron chi connectivity index (χ2n) is 8.26. The number of quaternary nitrogens is 1. The summed E-state index contributed by atoms with van der Waals surface area (Å²) in [6.45, 7) is 4.95. The van der Waals surface area contributed by atoms with E-state index in [0.717, 1.165) is 22.3 Å². The first kappa shape index (κ1) is 27.4. The van der Waals surface area contributed by atoms with E-state index < -0.39 is 10.1 Å². The lowest BCUT2D eigenvalue weighted by Crippen LogP contribution is -2.42. The lowest BCUT2D eigenvalue weighted by atomic mass is 10.1. The quantitative estimate of drug-likeness (QED) is 0.290. The van der Waals surface area contributed by atoms with Crippen LogP contribution in [-0.4, -0.2) is 67.9 Å². The van der Waals surface area contributed by atoms with Crippen molar-refractivity contribution in [3.05, 3.63) is 29.8 Å². The van der Waals surface area contributed by atoms with E-state index in [1.165, 1.54) is 56.4 Å². The summed E-state index contributed by atoms with van der Waals surface area (Å²) in [4.78, 5) is -0.0666. The van der Waals surface area contributed by atoms with E-state index in [0.29, 0.717) is 0 Å². The second kappa shape index (κ2) is 14.4. The van der Waals surface area contributed by atoms with E-state index in [1.807, 2.05) is 18.7 Å². The molecule has 1 atom stereocenters. The molecule has 0 radical (unpaired) electrons. The molecule has 2 N–H and O–H groups in total. The summed E-state index contributed by atoms with van der Waals surface area (Å²) in [5, 5.41) is 9.82. The number of hydrogen-bond acceptors (Lipinski definition) is 4. The Labute approximate surface area is 176 Å². The molecule has 0 amide bonds. The zero-order valence-corrected chi connectivity index (χ0v) is 19.9. The Morgan fingerprint density at radius 3 is 2.04 bits per heavy atom. The molecular weight excluding hydrogens is 394 g/mol. The molecule has 7 heteroatoms. The molecule has 28 heavy (non-hydrogen) atoms. The topological polar surface area (TPSA) is 74.6 Å². The summed E-state index contributed by atoms with van der Waals surface area (Å²) < 4.78 is 30.4. The van der Waals surface area contributed by atoms with Crippen molar-refractivity contribution in [1.82, 2.24) is 0 Å². The molecule has 1 aromatic rings. The van der Waals surface area contributed by atoms with Gasteiger partial charge in [0.2, 0.25) is 0 Å². The Morgan fingerprint density at radius 1 is 1.00 bits per heavy atom. The molecule has 0 saturated heterocycles. The van der Waals surface area contributed by atoms with Gasteiger partial charge in [-0.25, -0.2) is 0 Å². The molecule has 0 aliphatic heterocycles. The lowest BCUT2D eigenvalue weighted by Gasteiger charge is -2.26. The van der Waals surface area contributed by atoms with Crippen molar-refractivity contribution in [1.29, 1.82) is 0 Å². The van der Waals surface area contributed by atoms with Crippen LogP contribution in [0.15, 0.2) is 29.2 Å². The van der Waals surface area contributed by atoms with Crippen LogP contribution in [0.5, 0.6) is 0 Å². The average Bonchev–Trinajstić information content (AvgIpc) is 2.56. The third kappa shape index (κ3) is 16.4. The zero-order chi connectivity index (χ0) is 21.6. The molecule has 0 spiro atoms. The van der Waals surface area contributed by atoms with Gasteiger partial charge in [-0.05, 0) is 31.2 Å². The molecule has 1 aromatic carbocycles. The van der Waals surface area contributed by atoms with Crippen molar-refractivity contribution < 1.29 is 22.6 Å². The Balaban J connectivity index is 0.000000567. The molecule has 0 fully saturated rings. The van der Waals surface area contributed by atoms with E-state index in [2.05, 4.69) is 28.1 Å². The molecule has 1 rings (SSSR count). The van der Waals surface area contributed by atoms with Crippen LogP contribution in [0.2, 0.25) is 0 Å². The summed E-state index contributed by atoms with van der Waals surface area (Å²) in [6.07, 6.45) is 8.01. The van der Waals surface area contributed by atoms with Gasteiger partial charge in [0, 0.05) is 5.75 Å². The van der Waals surface area contributed by atoms with Crippen LogP contribution in [0, 0.1) is 6.92 Å². The van der Waals surface area contributed by atoms with E-state index >= 15 is 0 Å². The van der Waals surface area contributed by atoms with Gasteiger partial charge in [-0.15, -0.1) is 0 Å². The first-order chi connectivity index (χ1) is 13.0. The maximum atomic E-state index is 10.5. The number of rotatable bonds is 12. The molecule has 0 bridgehead atoms. The summed E-state index contributed by atoms with van der Waals surface area (Å²) in [5.41, 5.74) is 0.956. The third-order valence-electron chi connectivity index (χ3n) is 4.03. The van der Waals surface area contributed by atoms with Gasteiger partial charge in [0.15, 0.2) is 0 Å². The molecule has 0 saturated carbocycles. The standard InChI is InChI=1S/C14H32NOS.C7H8O3S/c1-5-6-7-8-9-10-11-17-13-14(16)12-15(2,3)4;1-6-2-4-7(5-3-6)11(8,9)10/h14,16H,5-13H2,1-4H3;2-5H,1H3,(H,8,9,10)/q+1;.